The van der Waals surface area contributed by atoms with Crippen molar-refractivity contribution in [1.29, 1.82) is 0 Å². The van der Waals surface area contributed by atoms with Crippen molar-refractivity contribution in [1.82, 2.24) is 5.06 Å². The second kappa shape index (κ2) is 7.76. The molecule has 0 saturated heterocycles. The van der Waals surface area contributed by atoms with Crippen LogP contribution >= 0.6 is 11.6 Å². The number of hydrogen-bond donors (Lipinski definition) is 1. The third kappa shape index (κ3) is 4.31. The molecule has 1 N–H and O–H groups in total. The molecule has 0 aliphatic carbocycles. The lowest BCUT2D eigenvalue weighted by atomic mass is 10.2. The van der Waals surface area contributed by atoms with Gasteiger partial charge < -0.3 is 5.11 Å². The molecule has 2 aromatic rings. The fourth-order valence-electron chi connectivity index (χ4n) is 1.91. The van der Waals surface area contributed by atoms with Crippen molar-refractivity contribution in [2.24, 2.45) is 0 Å². The number of hydroxylamine groups is 2. The normalized spacial score (nSPS) is 11.7. The highest BCUT2D eigenvalue weighted by Crippen LogP contribution is 2.18. The quantitative estimate of drug-likeness (QED) is 0.823. The second-order valence-electron chi connectivity index (χ2n) is 4.88. The Morgan fingerprint density at radius 2 is 1.74 bits per heavy atom. The number of benzene rings is 2. The summed E-state index contributed by atoms with van der Waals surface area (Å²) in [6.45, 7) is 1.38. The maximum Gasteiger partial charge on any atom is 0.328 e. The summed E-state index contributed by atoms with van der Waals surface area (Å²) in [6.07, 6.45) is 0. The van der Waals surface area contributed by atoms with Gasteiger partial charge in [-0.2, -0.15) is 0 Å². The number of aliphatic carboxylic acids is 1. The zero-order valence-corrected chi connectivity index (χ0v) is 13.2. The molecule has 0 aliphatic rings. The van der Waals surface area contributed by atoms with Crippen LogP contribution in [0.4, 0.5) is 0 Å². The van der Waals surface area contributed by atoms with Crippen LogP contribution in [0.5, 0.6) is 0 Å². The van der Waals surface area contributed by atoms with E-state index in [0.717, 1.165) is 5.06 Å². The van der Waals surface area contributed by atoms with Crippen LogP contribution in [0.25, 0.3) is 0 Å². The molecule has 1 atom stereocenters. The molecule has 1 unspecified atom stereocenters. The summed E-state index contributed by atoms with van der Waals surface area (Å²) in [5.41, 5.74) is 1.01. The Balaban J connectivity index is 2.20. The first kappa shape index (κ1) is 17.0. The minimum atomic E-state index is -1.16. The maximum atomic E-state index is 12.5. The van der Waals surface area contributed by atoms with Gasteiger partial charge >= 0.3 is 5.97 Å². The molecule has 0 aromatic heterocycles. The van der Waals surface area contributed by atoms with Crippen molar-refractivity contribution >= 4 is 23.5 Å². The van der Waals surface area contributed by atoms with Crippen LogP contribution in [0.3, 0.4) is 0 Å². The van der Waals surface area contributed by atoms with Gasteiger partial charge in [-0.15, -0.1) is 0 Å². The van der Waals surface area contributed by atoms with E-state index in [4.69, 9.17) is 16.4 Å². The van der Waals surface area contributed by atoms with Gasteiger partial charge in [0.05, 0.1) is 0 Å². The predicted octanol–water partition coefficient (Wildman–Crippen LogP) is 3.39. The number of hydrogen-bond acceptors (Lipinski definition) is 3. The molecule has 5 nitrogen and oxygen atoms in total. The zero-order chi connectivity index (χ0) is 16.8. The third-order valence-electron chi connectivity index (χ3n) is 3.25. The Kier molecular flexibility index (Phi) is 5.73. The van der Waals surface area contributed by atoms with E-state index in [1.807, 2.05) is 0 Å². The molecule has 0 bridgehead atoms. The molecule has 2 rings (SSSR count). The van der Waals surface area contributed by atoms with Gasteiger partial charge in [-0.3, -0.25) is 9.63 Å². The van der Waals surface area contributed by atoms with Gasteiger partial charge in [0.15, 0.2) is 6.04 Å². The molecule has 2 aromatic carbocycles. The Hall–Kier alpha value is -2.37. The van der Waals surface area contributed by atoms with Crippen molar-refractivity contribution in [2.75, 3.05) is 0 Å². The smallest absolute Gasteiger partial charge is 0.328 e. The van der Waals surface area contributed by atoms with Gasteiger partial charge in [0.2, 0.25) is 0 Å². The van der Waals surface area contributed by atoms with Gasteiger partial charge in [0, 0.05) is 10.6 Å². The molecule has 0 aliphatic heterocycles. The molecule has 120 valence electrons. The van der Waals surface area contributed by atoms with E-state index in [0.29, 0.717) is 16.1 Å². The fourth-order valence-corrected chi connectivity index (χ4v) is 2.10. The minimum Gasteiger partial charge on any atom is -0.480 e. The van der Waals surface area contributed by atoms with E-state index in [1.165, 1.54) is 6.92 Å². The van der Waals surface area contributed by atoms with Gasteiger partial charge in [-0.1, -0.05) is 48.0 Å². The van der Waals surface area contributed by atoms with E-state index in [9.17, 15) is 14.7 Å². The largest absolute Gasteiger partial charge is 0.480 e. The Morgan fingerprint density at radius 3 is 2.35 bits per heavy atom. The van der Waals surface area contributed by atoms with Crippen LogP contribution in [0.2, 0.25) is 5.02 Å². The average Bonchev–Trinajstić information content (AvgIpc) is 2.56. The van der Waals surface area contributed by atoms with Crippen molar-refractivity contribution < 1.29 is 19.5 Å². The Labute approximate surface area is 139 Å². The maximum absolute atomic E-state index is 12.5. The second-order valence-corrected chi connectivity index (χ2v) is 5.28. The SMILES string of the molecule is CC(C(=O)O)N(OCc1ccccc1Cl)C(=O)c1ccccc1. The van der Waals surface area contributed by atoms with Crippen LogP contribution in [0, 0.1) is 0 Å². The lowest BCUT2D eigenvalue weighted by Gasteiger charge is -2.25. The van der Waals surface area contributed by atoms with E-state index >= 15 is 0 Å². The molecule has 0 heterocycles. The monoisotopic (exact) mass is 333 g/mol. The molecule has 6 heteroatoms. The topological polar surface area (TPSA) is 66.8 Å². The zero-order valence-electron chi connectivity index (χ0n) is 12.5. The van der Waals surface area contributed by atoms with Crippen molar-refractivity contribution in [3.63, 3.8) is 0 Å². The molecule has 23 heavy (non-hydrogen) atoms. The fraction of sp³-hybridized carbons (Fsp3) is 0.176. The molecule has 1 amide bonds. The first-order chi connectivity index (χ1) is 11.0. The van der Waals surface area contributed by atoms with Crippen LogP contribution in [0.15, 0.2) is 54.6 Å². The molecule has 0 saturated carbocycles. The summed E-state index contributed by atoms with van der Waals surface area (Å²) in [7, 11) is 0. The summed E-state index contributed by atoms with van der Waals surface area (Å²) in [5.74, 6) is -1.68. The molecular weight excluding hydrogens is 318 g/mol. The summed E-state index contributed by atoms with van der Waals surface area (Å²) >= 11 is 6.05. The number of carbonyl (C=O) groups excluding carboxylic acids is 1. The van der Waals surface area contributed by atoms with E-state index in [1.54, 1.807) is 54.6 Å². The van der Waals surface area contributed by atoms with Crippen molar-refractivity contribution in [3.8, 4) is 0 Å². The lowest BCUT2D eigenvalue weighted by Crippen LogP contribution is -2.43. The van der Waals surface area contributed by atoms with E-state index < -0.39 is 17.9 Å². The highest BCUT2D eigenvalue weighted by molar-refractivity contribution is 6.31. The van der Waals surface area contributed by atoms with Gasteiger partial charge in [-0.25, -0.2) is 9.86 Å². The van der Waals surface area contributed by atoms with Crippen molar-refractivity contribution in [3.05, 3.63) is 70.7 Å². The Bertz CT molecular complexity index is 690. The molecule has 0 fully saturated rings. The number of carbonyl (C=O) groups is 2. The van der Waals surface area contributed by atoms with E-state index in [2.05, 4.69) is 0 Å². The third-order valence-corrected chi connectivity index (χ3v) is 3.62. The highest BCUT2D eigenvalue weighted by atomic mass is 35.5. The molecule has 0 spiro atoms. The summed E-state index contributed by atoms with van der Waals surface area (Å²) in [4.78, 5) is 29.2. The van der Waals surface area contributed by atoms with Gasteiger partial charge in [-0.05, 0) is 30.7 Å². The van der Waals surface area contributed by atoms with Crippen molar-refractivity contribution in [2.45, 2.75) is 19.6 Å². The Morgan fingerprint density at radius 1 is 1.13 bits per heavy atom. The van der Waals surface area contributed by atoms with Crippen LogP contribution in [-0.2, 0) is 16.2 Å². The van der Waals surface area contributed by atoms with E-state index in [-0.39, 0.29) is 6.61 Å². The van der Waals surface area contributed by atoms with Gasteiger partial charge in [0.25, 0.3) is 5.91 Å². The minimum absolute atomic E-state index is 0.00410. The summed E-state index contributed by atoms with van der Waals surface area (Å²) in [6, 6.07) is 14.2. The predicted molar refractivity (Wildman–Crippen MR) is 86.0 cm³/mol. The number of rotatable bonds is 6. The number of nitrogens with zero attached hydrogens (tertiary/aromatic N) is 1. The summed E-state index contributed by atoms with van der Waals surface area (Å²) < 4.78 is 0. The lowest BCUT2D eigenvalue weighted by molar-refractivity contribution is -0.178. The average molecular weight is 334 g/mol. The van der Waals surface area contributed by atoms with Crippen LogP contribution in [-0.4, -0.2) is 28.1 Å². The standard InChI is InChI=1S/C17H16ClNO4/c1-12(17(21)22)19(16(20)13-7-3-2-4-8-13)23-11-14-9-5-6-10-15(14)18/h2-10,12H,11H2,1H3,(H,21,22). The summed E-state index contributed by atoms with van der Waals surface area (Å²) in [5, 5.41) is 10.6. The first-order valence-electron chi connectivity index (χ1n) is 6.98. The number of carboxylic acids is 1. The number of carboxylic acid groups (broad SMARTS) is 1. The first-order valence-corrected chi connectivity index (χ1v) is 7.36. The van der Waals surface area contributed by atoms with Gasteiger partial charge in [0.1, 0.15) is 6.61 Å². The number of halogens is 1. The highest BCUT2D eigenvalue weighted by Gasteiger charge is 2.28. The number of amides is 1. The van der Waals surface area contributed by atoms with Crippen LogP contribution < -0.4 is 0 Å². The molecule has 0 radical (unpaired) electrons. The van der Waals surface area contributed by atoms with Crippen LogP contribution in [0.1, 0.15) is 22.8 Å². The molecular formula is C17H16ClNO4.